The summed E-state index contributed by atoms with van der Waals surface area (Å²) in [6.45, 7) is 7.52. The lowest BCUT2D eigenvalue weighted by Crippen LogP contribution is -2.24. The number of pyridine rings is 1. The maximum atomic E-state index is 14.4. The molecule has 0 saturated heterocycles. The van der Waals surface area contributed by atoms with Crippen LogP contribution in [0.3, 0.4) is 0 Å². The zero-order chi connectivity index (χ0) is 24.4. The van der Waals surface area contributed by atoms with E-state index in [9.17, 15) is 14.0 Å². The number of rotatable bonds is 9. The summed E-state index contributed by atoms with van der Waals surface area (Å²) in [4.78, 5) is 34.0. The Hall–Kier alpha value is -3.50. The molecule has 0 saturated carbocycles. The van der Waals surface area contributed by atoms with Crippen LogP contribution >= 0.6 is 0 Å². The average molecular weight is 461 g/mol. The number of ether oxygens (including phenoxy) is 1. The van der Waals surface area contributed by atoms with Crippen molar-refractivity contribution in [1.82, 2.24) is 10.5 Å². The van der Waals surface area contributed by atoms with Crippen LogP contribution in [0.2, 0.25) is 0 Å². The number of hydroxylamine groups is 1. The molecule has 178 valence electrons. The molecule has 2 heterocycles. The van der Waals surface area contributed by atoms with Crippen LogP contribution in [0.1, 0.15) is 53.7 Å². The van der Waals surface area contributed by atoms with Crippen LogP contribution in [0.15, 0.2) is 35.0 Å². The summed E-state index contributed by atoms with van der Waals surface area (Å²) in [6.07, 6.45) is 2.97. The van der Waals surface area contributed by atoms with Crippen LogP contribution in [0.5, 0.6) is 0 Å². The normalized spacial score (nSPS) is 10.4. The third-order valence-corrected chi connectivity index (χ3v) is 4.25. The zero-order valence-corrected chi connectivity index (χ0v) is 19.0. The predicted molar refractivity (Wildman–Crippen MR) is 121 cm³/mol. The lowest BCUT2D eigenvalue weighted by molar-refractivity contribution is 0.0243. The van der Waals surface area contributed by atoms with E-state index in [1.807, 2.05) is 13.8 Å². The molecule has 0 bridgehead atoms. The van der Waals surface area contributed by atoms with Gasteiger partial charge in [-0.15, -0.1) is 0 Å². The Morgan fingerprint density at radius 3 is 2.67 bits per heavy atom. The van der Waals surface area contributed by atoms with Gasteiger partial charge in [-0.05, 0) is 38.0 Å². The Kier molecular flexibility index (Phi) is 9.77. The molecule has 0 aliphatic heterocycles. The number of nitrogens with zero attached hydrogens (tertiary/aromatic N) is 1. The van der Waals surface area contributed by atoms with Crippen molar-refractivity contribution in [2.24, 2.45) is 0 Å². The van der Waals surface area contributed by atoms with Gasteiger partial charge in [-0.3, -0.25) is 14.6 Å². The number of furan rings is 1. The second-order valence-corrected chi connectivity index (χ2v) is 6.56. The van der Waals surface area contributed by atoms with Crippen LogP contribution in [0.25, 0.3) is 11.0 Å². The van der Waals surface area contributed by atoms with Crippen molar-refractivity contribution in [3.05, 3.63) is 53.3 Å². The summed E-state index contributed by atoms with van der Waals surface area (Å²) < 4.78 is 25.1. The van der Waals surface area contributed by atoms with Gasteiger partial charge in [-0.1, -0.05) is 19.9 Å². The number of hydrogen-bond acceptors (Lipinski definition) is 8. The first-order chi connectivity index (χ1) is 16.0. The maximum Gasteiger partial charge on any atom is 0.343 e. The van der Waals surface area contributed by atoms with Crippen LogP contribution in [0.4, 0.5) is 15.8 Å². The van der Waals surface area contributed by atoms with Crippen molar-refractivity contribution < 1.29 is 33.1 Å². The SMILES string of the molecule is CC.CCOC(=O)c1cncc2c(Nc3ccc(C)cc3F)c(C(=O)NOCCCO)oc12. The molecule has 0 aliphatic rings. The first kappa shape index (κ1) is 25.8. The highest BCUT2D eigenvalue weighted by Crippen LogP contribution is 2.35. The fourth-order valence-corrected chi connectivity index (χ4v) is 2.81. The van der Waals surface area contributed by atoms with Crippen molar-refractivity contribution in [2.45, 2.75) is 34.1 Å². The number of halogens is 1. The molecule has 1 aromatic carbocycles. The largest absolute Gasteiger partial charge is 0.462 e. The van der Waals surface area contributed by atoms with Crippen molar-refractivity contribution in [3.63, 3.8) is 0 Å². The minimum atomic E-state index is -0.765. The molecule has 1 amide bonds. The van der Waals surface area contributed by atoms with Crippen molar-refractivity contribution in [3.8, 4) is 0 Å². The molecule has 33 heavy (non-hydrogen) atoms. The molecule has 3 rings (SSSR count). The summed E-state index contributed by atoms with van der Waals surface area (Å²) in [5.41, 5.74) is 3.22. The summed E-state index contributed by atoms with van der Waals surface area (Å²) in [7, 11) is 0. The molecular formula is C23H28FN3O6. The van der Waals surface area contributed by atoms with Gasteiger partial charge < -0.3 is 19.6 Å². The number of benzene rings is 1. The van der Waals surface area contributed by atoms with E-state index < -0.39 is 17.7 Å². The van der Waals surface area contributed by atoms with E-state index in [1.165, 1.54) is 24.5 Å². The molecule has 3 aromatic rings. The number of aromatic nitrogens is 1. The van der Waals surface area contributed by atoms with E-state index in [1.54, 1.807) is 19.9 Å². The van der Waals surface area contributed by atoms with E-state index in [2.05, 4.69) is 15.8 Å². The van der Waals surface area contributed by atoms with Gasteiger partial charge in [0.15, 0.2) is 5.58 Å². The second-order valence-electron chi connectivity index (χ2n) is 6.56. The third-order valence-electron chi connectivity index (χ3n) is 4.25. The van der Waals surface area contributed by atoms with E-state index >= 15 is 0 Å². The number of aliphatic hydroxyl groups excluding tert-OH is 1. The molecule has 0 spiro atoms. The molecule has 0 unspecified atom stereocenters. The van der Waals surface area contributed by atoms with Crippen LogP contribution in [-0.4, -0.2) is 41.8 Å². The van der Waals surface area contributed by atoms with Gasteiger partial charge in [0.05, 0.1) is 24.3 Å². The molecule has 0 aliphatic carbocycles. The molecule has 0 atom stereocenters. The Bertz CT molecular complexity index is 1100. The van der Waals surface area contributed by atoms with Crippen molar-refractivity contribution >= 4 is 34.2 Å². The van der Waals surface area contributed by atoms with Gasteiger partial charge in [0.25, 0.3) is 0 Å². The van der Waals surface area contributed by atoms with Gasteiger partial charge in [-0.25, -0.2) is 14.7 Å². The summed E-state index contributed by atoms with van der Waals surface area (Å²) in [5.74, 6) is -2.21. The minimum Gasteiger partial charge on any atom is -0.462 e. The Morgan fingerprint density at radius 1 is 1.24 bits per heavy atom. The summed E-state index contributed by atoms with van der Waals surface area (Å²) in [6, 6.07) is 4.56. The number of carbonyl (C=O) groups excluding carboxylic acids is 2. The molecule has 0 fully saturated rings. The number of aryl methyl sites for hydroxylation is 1. The van der Waals surface area contributed by atoms with E-state index in [-0.39, 0.29) is 53.5 Å². The first-order valence-electron chi connectivity index (χ1n) is 10.6. The van der Waals surface area contributed by atoms with E-state index in [0.29, 0.717) is 6.42 Å². The standard InChI is InChI=1S/C21H22FN3O6.C2H6/c1-3-29-21(28)14-11-23-10-13-17(24-16-6-5-12(2)9-15(16)22)19(31-18(13)14)20(27)25-30-8-4-7-26;1-2/h5-6,9-11,24,26H,3-4,7-8H2,1-2H3,(H,25,27);1-2H3. The number of hydrogen-bond donors (Lipinski definition) is 3. The van der Waals surface area contributed by atoms with E-state index in [4.69, 9.17) is 19.1 Å². The monoisotopic (exact) mass is 461 g/mol. The fourth-order valence-electron chi connectivity index (χ4n) is 2.81. The number of carbonyl (C=O) groups is 2. The highest BCUT2D eigenvalue weighted by Gasteiger charge is 2.26. The number of esters is 1. The van der Waals surface area contributed by atoms with Crippen LogP contribution in [0, 0.1) is 12.7 Å². The predicted octanol–water partition coefficient (Wildman–Crippen LogP) is 4.27. The summed E-state index contributed by atoms with van der Waals surface area (Å²) in [5, 5.41) is 12.0. The number of amides is 1. The Balaban J connectivity index is 0.00000187. The maximum absolute atomic E-state index is 14.4. The lowest BCUT2D eigenvalue weighted by atomic mass is 10.1. The summed E-state index contributed by atoms with van der Waals surface area (Å²) >= 11 is 0. The topological polar surface area (TPSA) is 123 Å². The molecule has 10 heteroatoms. The Labute approximate surface area is 190 Å². The molecular weight excluding hydrogens is 433 g/mol. The number of nitrogens with one attached hydrogen (secondary N) is 2. The van der Waals surface area contributed by atoms with Gasteiger partial charge in [0.1, 0.15) is 17.1 Å². The number of fused-ring (bicyclic) bond motifs is 1. The molecule has 2 aromatic heterocycles. The van der Waals surface area contributed by atoms with Gasteiger partial charge in [0.2, 0.25) is 5.76 Å². The average Bonchev–Trinajstić information content (AvgIpc) is 3.18. The first-order valence-corrected chi connectivity index (χ1v) is 10.6. The minimum absolute atomic E-state index is 0.0204. The van der Waals surface area contributed by atoms with Gasteiger partial charge in [-0.2, -0.15) is 0 Å². The van der Waals surface area contributed by atoms with Crippen molar-refractivity contribution in [2.75, 3.05) is 25.1 Å². The lowest BCUT2D eigenvalue weighted by Gasteiger charge is -2.09. The van der Waals surface area contributed by atoms with Gasteiger partial charge >= 0.3 is 11.9 Å². The van der Waals surface area contributed by atoms with Gasteiger partial charge in [0, 0.05) is 19.0 Å². The van der Waals surface area contributed by atoms with E-state index in [0.717, 1.165) is 5.56 Å². The van der Waals surface area contributed by atoms with Crippen LogP contribution < -0.4 is 10.8 Å². The smallest absolute Gasteiger partial charge is 0.343 e. The third kappa shape index (κ3) is 6.27. The molecule has 3 N–H and O–H groups in total. The molecule has 9 nitrogen and oxygen atoms in total. The number of aliphatic hydroxyl groups is 1. The molecule has 0 radical (unpaired) electrons. The zero-order valence-electron chi connectivity index (χ0n) is 19.0. The fraction of sp³-hybridized carbons (Fsp3) is 0.348. The second kappa shape index (κ2) is 12.5. The number of anilines is 2. The highest BCUT2D eigenvalue weighted by atomic mass is 19.1. The van der Waals surface area contributed by atoms with Crippen molar-refractivity contribution in [1.29, 1.82) is 0 Å². The van der Waals surface area contributed by atoms with Crippen LogP contribution in [-0.2, 0) is 9.57 Å². The quantitative estimate of drug-likeness (QED) is 0.245. The Morgan fingerprint density at radius 2 is 2.00 bits per heavy atom. The highest BCUT2D eigenvalue weighted by molar-refractivity contribution is 6.11.